The molecule has 1 N–H and O–H groups in total. The molecule has 3 heteroatoms. The molecule has 1 aliphatic heterocycles. The highest BCUT2D eigenvalue weighted by molar-refractivity contribution is 5.26. The fourth-order valence-corrected chi connectivity index (χ4v) is 2.68. The number of rotatable bonds is 6. The molecule has 0 aromatic heterocycles. The van der Waals surface area contributed by atoms with Crippen LogP contribution in [0.1, 0.15) is 24.5 Å². The molecule has 1 unspecified atom stereocenters. The average Bonchev–Trinajstić information content (AvgIpc) is 2.92. The van der Waals surface area contributed by atoms with Gasteiger partial charge in [-0.2, -0.15) is 0 Å². The Labute approximate surface area is 110 Å². The summed E-state index contributed by atoms with van der Waals surface area (Å²) in [4.78, 5) is 2.56. The van der Waals surface area contributed by atoms with Gasteiger partial charge in [-0.1, -0.05) is 31.2 Å². The van der Waals surface area contributed by atoms with Crippen LogP contribution >= 0.6 is 0 Å². The van der Waals surface area contributed by atoms with Crippen molar-refractivity contribution < 1.29 is 4.74 Å². The van der Waals surface area contributed by atoms with Gasteiger partial charge in [0.25, 0.3) is 0 Å². The zero-order valence-corrected chi connectivity index (χ0v) is 11.5. The van der Waals surface area contributed by atoms with Gasteiger partial charge >= 0.3 is 0 Å². The summed E-state index contributed by atoms with van der Waals surface area (Å²) in [5.41, 5.74) is 2.71. The van der Waals surface area contributed by atoms with Crippen molar-refractivity contribution in [2.45, 2.75) is 32.5 Å². The van der Waals surface area contributed by atoms with Gasteiger partial charge in [-0.3, -0.25) is 4.90 Å². The quantitative estimate of drug-likeness (QED) is 0.833. The smallest absolute Gasteiger partial charge is 0.0716 e. The minimum absolute atomic E-state index is 0.686. The lowest BCUT2D eigenvalue weighted by Crippen LogP contribution is -2.36. The third-order valence-corrected chi connectivity index (χ3v) is 3.75. The van der Waals surface area contributed by atoms with Crippen LogP contribution in [0.5, 0.6) is 0 Å². The van der Waals surface area contributed by atoms with Gasteiger partial charge in [-0.15, -0.1) is 0 Å². The molecule has 2 rings (SSSR count). The van der Waals surface area contributed by atoms with Gasteiger partial charge in [-0.25, -0.2) is 0 Å². The number of nitrogens with one attached hydrogen (secondary N) is 1. The molecule has 1 aliphatic rings. The van der Waals surface area contributed by atoms with Crippen molar-refractivity contribution in [1.82, 2.24) is 10.2 Å². The van der Waals surface area contributed by atoms with Crippen LogP contribution in [0.15, 0.2) is 24.3 Å². The number of hydrogen-bond donors (Lipinski definition) is 1. The molecule has 3 nitrogen and oxygen atoms in total. The third-order valence-electron chi connectivity index (χ3n) is 3.75. The fraction of sp³-hybridized carbons (Fsp3) is 0.600. The number of nitrogens with zero attached hydrogens (tertiary/aromatic N) is 1. The van der Waals surface area contributed by atoms with Crippen molar-refractivity contribution in [1.29, 1.82) is 0 Å². The highest BCUT2D eigenvalue weighted by Gasteiger charge is 2.21. The topological polar surface area (TPSA) is 24.5 Å². The van der Waals surface area contributed by atoms with E-state index in [-0.39, 0.29) is 0 Å². The Hall–Kier alpha value is -0.900. The Balaban J connectivity index is 2.06. The van der Waals surface area contributed by atoms with Crippen LogP contribution in [0.25, 0.3) is 0 Å². The molecule has 0 amide bonds. The monoisotopic (exact) mass is 248 g/mol. The fourth-order valence-electron chi connectivity index (χ4n) is 2.68. The second kappa shape index (κ2) is 6.88. The van der Waals surface area contributed by atoms with Crippen molar-refractivity contribution >= 4 is 0 Å². The lowest BCUT2D eigenvalue weighted by Gasteiger charge is -2.27. The van der Waals surface area contributed by atoms with Crippen molar-refractivity contribution in [2.24, 2.45) is 0 Å². The van der Waals surface area contributed by atoms with Crippen LogP contribution in [0.2, 0.25) is 0 Å². The Bertz CT molecular complexity index is 361. The number of methoxy groups -OCH3 is 1. The lowest BCUT2D eigenvalue weighted by atomic mass is 10.1. The molecule has 0 radical (unpaired) electrons. The second-order valence-electron chi connectivity index (χ2n) is 4.91. The first-order chi connectivity index (χ1) is 8.85. The van der Waals surface area contributed by atoms with Gasteiger partial charge in [0.15, 0.2) is 0 Å². The van der Waals surface area contributed by atoms with E-state index in [0.29, 0.717) is 12.6 Å². The Morgan fingerprint density at radius 3 is 2.72 bits per heavy atom. The summed E-state index contributed by atoms with van der Waals surface area (Å²) >= 11 is 0. The number of ether oxygens (including phenoxy) is 1. The van der Waals surface area contributed by atoms with Crippen LogP contribution in [0.3, 0.4) is 0 Å². The SMILES string of the molecule is CCN(Cc1ccccc1COC)C1CCNC1. The predicted molar refractivity (Wildman–Crippen MR) is 74.5 cm³/mol. The van der Waals surface area contributed by atoms with Gasteiger partial charge in [-0.05, 0) is 30.6 Å². The molecule has 1 saturated heterocycles. The molecule has 1 aromatic rings. The zero-order chi connectivity index (χ0) is 12.8. The lowest BCUT2D eigenvalue weighted by molar-refractivity contribution is 0.178. The minimum Gasteiger partial charge on any atom is -0.380 e. The van der Waals surface area contributed by atoms with Crippen LogP contribution in [-0.4, -0.2) is 37.7 Å². The highest BCUT2D eigenvalue weighted by Crippen LogP contribution is 2.16. The summed E-state index contributed by atoms with van der Waals surface area (Å²) < 4.78 is 5.28. The standard InChI is InChI=1S/C15H24N2O/c1-3-17(15-8-9-16-10-15)11-13-6-4-5-7-14(13)12-18-2/h4-7,15-16H,3,8-12H2,1-2H3. The molecule has 18 heavy (non-hydrogen) atoms. The predicted octanol–water partition coefficient (Wildman–Crippen LogP) is 2.02. The largest absolute Gasteiger partial charge is 0.380 e. The van der Waals surface area contributed by atoms with Crippen LogP contribution in [0, 0.1) is 0 Å². The molecule has 1 aromatic carbocycles. The van der Waals surface area contributed by atoms with Gasteiger partial charge in [0.1, 0.15) is 0 Å². The third kappa shape index (κ3) is 3.31. The van der Waals surface area contributed by atoms with Gasteiger partial charge in [0.2, 0.25) is 0 Å². The van der Waals surface area contributed by atoms with E-state index in [0.717, 1.165) is 26.2 Å². The molecule has 0 aliphatic carbocycles. The molecular weight excluding hydrogens is 224 g/mol. The molecule has 1 fully saturated rings. The van der Waals surface area contributed by atoms with E-state index >= 15 is 0 Å². The van der Waals surface area contributed by atoms with E-state index < -0.39 is 0 Å². The molecule has 1 atom stereocenters. The minimum atomic E-state index is 0.686. The average molecular weight is 248 g/mol. The Morgan fingerprint density at radius 2 is 2.11 bits per heavy atom. The molecule has 1 heterocycles. The van der Waals surface area contributed by atoms with Crippen LogP contribution in [0.4, 0.5) is 0 Å². The van der Waals surface area contributed by atoms with Gasteiger partial charge in [0.05, 0.1) is 6.61 Å². The van der Waals surface area contributed by atoms with Crippen molar-refractivity contribution in [3.05, 3.63) is 35.4 Å². The van der Waals surface area contributed by atoms with E-state index in [4.69, 9.17) is 4.74 Å². The molecule has 0 spiro atoms. The highest BCUT2D eigenvalue weighted by atomic mass is 16.5. The maximum atomic E-state index is 5.28. The zero-order valence-electron chi connectivity index (χ0n) is 11.5. The first-order valence-electron chi connectivity index (χ1n) is 6.85. The van der Waals surface area contributed by atoms with Crippen molar-refractivity contribution in [2.75, 3.05) is 26.7 Å². The molecule has 0 bridgehead atoms. The van der Waals surface area contributed by atoms with Crippen LogP contribution in [-0.2, 0) is 17.9 Å². The summed E-state index contributed by atoms with van der Waals surface area (Å²) in [6.45, 7) is 7.37. The van der Waals surface area contributed by atoms with Crippen molar-refractivity contribution in [3.63, 3.8) is 0 Å². The van der Waals surface area contributed by atoms with Crippen molar-refractivity contribution in [3.8, 4) is 0 Å². The Morgan fingerprint density at radius 1 is 1.33 bits per heavy atom. The molecule has 0 saturated carbocycles. The van der Waals surface area contributed by atoms with Crippen LogP contribution < -0.4 is 5.32 Å². The van der Waals surface area contributed by atoms with E-state index in [2.05, 4.69) is 41.4 Å². The summed E-state index contributed by atoms with van der Waals surface area (Å²) in [5.74, 6) is 0. The maximum Gasteiger partial charge on any atom is 0.0716 e. The summed E-state index contributed by atoms with van der Waals surface area (Å²) in [6, 6.07) is 9.28. The van der Waals surface area contributed by atoms with Gasteiger partial charge in [0, 0.05) is 26.2 Å². The second-order valence-corrected chi connectivity index (χ2v) is 4.91. The van der Waals surface area contributed by atoms with E-state index in [1.807, 2.05) is 0 Å². The Kier molecular flexibility index (Phi) is 5.17. The number of benzene rings is 1. The maximum absolute atomic E-state index is 5.28. The number of hydrogen-bond acceptors (Lipinski definition) is 3. The molecular formula is C15H24N2O. The van der Waals surface area contributed by atoms with E-state index in [1.54, 1.807) is 7.11 Å². The first kappa shape index (κ1) is 13.5. The summed E-state index contributed by atoms with van der Waals surface area (Å²) in [6.07, 6.45) is 1.26. The van der Waals surface area contributed by atoms with E-state index in [1.165, 1.54) is 17.5 Å². The number of likely N-dealkylation sites (N-methyl/N-ethyl adjacent to an activating group) is 1. The molecule has 100 valence electrons. The van der Waals surface area contributed by atoms with Gasteiger partial charge < -0.3 is 10.1 Å². The summed E-state index contributed by atoms with van der Waals surface area (Å²) in [5, 5.41) is 3.45. The van der Waals surface area contributed by atoms with E-state index in [9.17, 15) is 0 Å². The summed E-state index contributed by atoms with van der Waals surface area (Å²) in [7, 11) is 1.76. The normalized spacial score (nSPS) is 19.6. The first-order valence-corrected chi connectivity index (χ1v) is 6.85.